The van der Waals surface area contributed by atoms with Crippen LogP contribution in [0.25, 0.3) is 0 Å². The fourth-order valence-corrected chi connectivity index (χ4v) is 0.941. The summed E-state index contributed by atoms with van der Waals surface area (Å²) < 4.78 is 9.87. The van der Waals surface area contributed by atoms with Gasteiger partial charge in [0.1, 0.15) is 5.76 Å². The van der Waals surface area contributed by atoms with Crippen molar-refractivity contribution in [1.82, 2.24) is 0 Å². The highest BCUT2D eigenvalue weighted by atomic mass is 35.5. The summed E-state index contributed by atoms with van der Waals surface area (Å²) in [5.74, 6) is 0.648. The Morgan fingerprint density at radius 3 is 2.38 bits per heavy atom. The molecule has 0 aromatic rings. The largest absolute Gasteiger partial charge is 0.497 e. The maximum Gasteiger partial charge on any atom is 0.309 e. The van der Waals surface area contributed by atoms with Gasteiger partial charge in [0, 0.05) is 0 Å². The minimum absolute atomic E-state index is 0.218. The van der Waals surface area contributed by atoms with Crippen molar-refractivity contribution in [2.24, 2.45) is 0 Å². The number of carbonyl (C=O) groups is 1. The smallest absolute Gasteiger partial charge is 0.309 e. The van der Waals surface area contributed by atoms with Gasteiger partial charge in [0.05, 0.1) is 25.5 Å². The van der Waals surface area contributed by atoms with E-state index >= 15 is 0 Å². The molecule has 13 heavy (non-hydrogen) atoms. The van der Waals surface area contributed by atoms with Crippen LogP contribution >= 0.6 is 11.6 Å². The van der Waals surface area contributed by atoms with E-state index in [0.717, 1.165) is 0 Å². The van der Waals surface area contributed by atoms with Gasteiger partial charge >= 0.3 is 5.97 Å². The molecule has 0 radical (unpaired) electrons. The van der Waals surface area contributed by atoms with Crippen LogP contribution in [0.4, 0.5) is 0 Å². The Morgan fingerprint density at radius 1 is 1.31 bits per heavy atom. The lowest BCUT2D eigenvalue weighted by atomic mass is 10.3. The molecule has 0 atom stereocenters. The molecule has 0 aliphatic carbocycles. The van der Waals surface area contributed by atoms with Crippen LogP contribution < -0.4 is 0 Å². The van der Waals surface area contributed by atoms with E-state index in [1.807, 2.05) is 6.92 Å². The van der Waals surface area contributed by atoms with Crippen molar-refractivity contribution < 1.29 is 14.3 Å². The number of ether oxygens (including phenoxy) is 2. The summed E-state index contributed by atoms with van der Waals surface area (Å²) in [6.07, 6.45) is 1.87. The first-order valence-electron chi connectivity index (χ1n) is 4.28. The highest BCUT2D eigenvalue weighted by Gasteiger charge is 2.00. The zero-order valence-corrected chi connectivity index (χ0v) is 8.76. The molecule has 0 fully saturated rings. The van der Waals surface area contributed by atoms with Crippen LogP contribution in [0.1, 0.15) is 20.3 Å². The highest BCUT2D eigenvalue weighted by molar-refractivity contribution is 6.19. The first kappa shape index (κ1) is 12.3. The third-order valence-electron chi connectivity index (χ3n) is 1.26. The standard InChI is InChI=1S/C9H15ClO3/c1-3-12-8(7-10)5-6-9(11)13-4-2/h5H,3-4,6-7H2,1-2H3. The number of halogens is 1. The van der Waals surface area contributed by atoms with E-state index in [4.69, 9.17) is 21.1 Å². The van der Waals surface area contributed by atoms with Gasteiger partial charge in [-0.3, -0.25) is 4.79 Å². The zero-order chi connectivity index (χ0) is 10.1. The maximum absolute atomic E-state index is 10.9. The predicted octanol–water partition coefficient (Wildman–Crippen LogP) is 2.10. The zero-order valence-electron chi connectivity index (χ0n) is 8.01. The summed E-state index contributed by atoms with van der Waals surface area (Å²) in [5, 5.41) is 0. The molecule has 0 saturated carbocycles. The van der Waals surface area contributed by atoms with Gasteiger partial charge in [-0.1, -0.05) is 0 Å². The SMILES string of the molecule is CCOC(=O)CC=C(CCl)OCC. The van der Waals surface area contributed by atoms with Crippen LogP contribution in [0, 0.1) is 0 Å². The molecular weight excluding hydrogens is 192 g/mol. The minimum atomic E-state index is -0.259. The van der Waals surface area contributed by atoms with E-state index in [0.29, 0.717) is 19.0 Å². The van der Waals surface area contributed by atoms with E-state index in [-0.39, 0.29) is 18.3 Å². The van der Waals surface area contributed by atoms with Crippen molar-refractivity contribution in [2.75, 3.05) is 19.1 Å². The number of esters is 1. The summed E-state index contributed by atoms with van der Waals surface area (Å²) in [4.78, 5) is 10.9. The van der Waals surface area contributed by atoms with E-state index in [2.05, 4.69) is 0 Å². The predicted molar refractivity (Wildman–Crippen MR) is 51.7 cm³/mol. The Hall–Kier alpha value is -0.700. The number of hydrogen-bond acceptors (Lipinski definition) is 3. The van der Waals surface area contributed by atoms with Crippen molar-refractivity contribution in [3.05, 3.63) is 11.8 Å². The molecule has 0 saturated heterocycles. The molecule has 76 valence electrons. The average molecular weight is 207 g/mol. The van der Waals surface area contributed by atoms with Crippen molar-refractivity contribution in [3.63, 3.8) is 0 Å². The highest BCUT2D eigenvalue weighted by Crippen LogP contribution is 2.02. The summed E-state index contributed by atoms with van der Waals surface area (Å²) in [6.45, 7) is 4.59. The van der Waals surface area contributed by atoms with Crippen LogP contribution in [0.5, 0.6) is 0 Å². The molecule has 0 aromatic heterocycles. The van der Waals surface area contributed by atoms with Crippen molar-refractivity contribution in [2.45, 2.75) is 20.3 Å². The van der Waals surface area contributed by atoms with E-state index in [9.17, 15) is 4.79 Å². The first-order chi connectivity index (χ1) is 6.24. The fraction of sp³-hybridized carbons (Fsp3) is 0.667. The van der Waals surface area contributed by atoms with Crippen LogP contribution in [0.2, 0.25) is 0 Å². The lowest BCUT2D eigenvalue weighted by molar-refractivity contribution is -0.142. The van der Waals surface area contributed by atoms with Crippen molar-refractivity contribution in [1.29, 1.82) is 0 Å². The van der Waals surface area contributed by atoms with Gasteiger partial charge < -0.3 is 9.47 Å². The van der Waals surface area contributed by atoms with E-state index < -0.39 is 0 Å². The third-order valence-corrected chi connectivity index (χ3v) is 1.53. The Balaban J connectivity index is 3.83. The molecule has 0 rings (SSSR count). The second-order valence-corrected chi connectivity index (χ2v) is 2.51. The first-order valence-corrected chi connectivity index (χ1v) is 4.81. The van der Waals surface area contributed by atoms with Gasteiger partial charge in [0.15, 0.2) is 0 Å². The normalized spacial score (nSPS) is 11.2. The number of alkyl halides is 1. The van der Waals surface area contributed by atoms with Crippen LogP contribution in [0.3, 0.4) is 0 Å². The van der Waals surface area contributed by atoms with Gasteiger partial charge in [-0.2, -0.15) is 0 Å². The van der Waals surface area contributed by atoms with Crippen LogP contribution in [-0.2, 0) is 14.3 Å². The molecule has 0 aliphatic rings. The monoisotopic (exact) mass is 206 g/mol. The number of allylic oxidation sites excluding steroid dienone is 1. The lowest BCUT2D eigenvalue weighted by Crippen LogP contribution is -2.03. The second kappa shape index (κ2) is 7.92. The molecule has 0 spiro atoms. The molecule has 0 aromatic carbocycles. The molecule has 3 nitrogen and oxygen atoms in total. The average Bonchev–Trinajstić information content (AvgIpc) is 2.12. The number of hydrogen-bond donors (Lipinski definition) is 0. The second-order valence-electron chi connectivity index (χ2n) is 2.25. The molecule has 4 heteroatoms. The Kier molecular flexibility index (Phi) is 7.50. The van der Waals surface area contributed by atoms with Gasteiger partial charge in [-0.25, -0.2) is 0 Å². The quantitative estimate of drug-likeness (QED) is 0.379. The lowest BCUT2D eigenvalue weighted by Gasteiger charge is -2.04. The van der Waals surface area contributed by atoms with E-state index in [1.54, 1.807) is 13.0 Å². The van der Waals surface area contributed by atoms with Gasteiger partial charge in [0.2, 0.25) is 0 Å². The molecular formula is C9H15ClO3. The molecule has 0 unspecified atom stereocenters. The van der Waals surface area contributed by atoms with E-state index in [1.165, 1.54) is 0 Å². The Morgan fingerprint density at radius 2 is 1.92 bits per heavy atom. The molecule has 0 N–H and O–H groups in total. The number of carbonyl (C=O) groups excluding carboxylic acids is 1. The summed E-state index contributed by atoms with van der Waals surface area (Å²) in [6, 6.07) is 0. The molecule has 0 aliphatic heterocycles. The topological polar surface area (TPSA) is 35.5 Å². The van der Waals surface area contributed by atoms with Crippen LogP contribution in [0.15, 0.2) is 11.8 Å². The Labute approximate surface area is 83.7 Å². The summed E-state index contributed by atoms with van der Waals surface area (Å²) in [5.41, 5.74) is 0. The minimum Gasteiger partial charge on any atom is -0.497 e. The van der Waals surface area contributed by atoms with Gasteiger partial charge in [-0.05, 0) is 19.9 Å². The summed E-state index contributed by atoms with van der Waals surface area (Å²) in [7, 11) is 0. The Bertz CT molecular complexity index is 178. The van der Waals surface area contributed by atoms with Gasteiger partial charge in [-0.15, -0.1) is 11.6 Å². The third kappa shape index (κ3) is 6.46. The van der Waals surface area contributed by atoms with Crippen molar-refractivity contribution >= 4 is 17.6 Å². The maximum atomic E-state index is 10.9. The number of rotatable bonds is 6. The van der Waals surface area contributed by atoms with Crippen molar-refractivity contribution in [3.8, 4) is 0 Å². The fourth-order valence-electron chi connectivity index (χ4n) is 0.755. The molecule has 0 heterocycles. The molecule has 0 bridgehead atoms. The molecule has 0 amide bonds. The van der Waals surface area contributed by atoms with Gasteiger partial charge in [0.25, 0.3) is 0 Å². The van der Waals surface area contributed by atoms with Crippen LogP contribution in [-0.4, -0.2) is 25.1 Å². The summed E-state index contributed by atoms with van der Waals surface area (Å²) >= 11 is 5.56.